The SMILES string of the molecule is Cn1nc2c(=O)n(CC3(O)CCNCC3)cnc2c1-c1ccccc1. The van der Waals surface area contributed by atoms with Crippen LogP contribution < -0.4 is 10.9 Å². The van der Waals surface area contributed by atoms with E-state index < -0.39 is 5.60 Å². The Balaban J connectivity index is 1.78. The van der Waals surface area contributed by atoms with Crippen molar-refractivity contribution in [2.45, 2.75) is 25.0 Å². The predicted molar refractivity (Wildman–Crippen MR) is 95.3 cm³/mol. The number of benzene rings is 1. The van der Waals surface area contributed by atoms with E-state index in [1.54, 1.807) is 4.68 Å². The van der Waals surface area contributed by atoms with Crippen LogP contribution in [0.25, 0.3) is 22.3 Å². The molecule has 1 aromatic carbocycles. The fourth-order valence-electron chi connectivity index (χ4n) is 3.49. The van der Waals surface area contributed by atoms with Crippen molar-refractivity contribution in [1.29, 1.82) is 0 Å². The average molecular weight is 339 g/mol. The average Bonchev–Trinajstić information content (AvgIpc) is 2.96. The molecule has 130 valence electrons. The van der Waals surface area contributed by atoms with Gasteiger partial charge >= 0.3 is 0 Å². The van der Waals surface area contributed by atoms with Gasteiger partial charge in [-0.15, -0.1) is 0 Å². The molecule has 0 spiro atoms. The monoisotopic (exact) mass is 339 g/mol. The third kappa shape index (κ3) is 2.85. The van der Waals surface area contributed by atoms with Gasteiger partial charge in [-0.05, 0) is 25.9 Å². The molecule has 7 nitrogen and oxygen atoms in total. The second-order valence-corrected chi connectivity index (χ2v) is 6.69. The highest BCUT2D eigenvalue weighted by Gasteiger charge is 2.30. The molecular formula is C18H21N5O2. The van der Waals surface area contributed by atoms with Gasteiger partial charge in [0, 0.05) is 12.6 Å². The maximum absolute atomic E-state index is 12.9. The van der Waals surface area contributed by atoms with Crippen LogP contribution in [-0.4, -0.2) is 43.1 Å². The lowest BCUT2D eigenvalue weighted by molar-refractivity contribution is -0.00628. The minimum absolute atomic E-state index is 0.213. The van der Waals surface area contributed by atoms with Crippen LogP contribution in [0, 0.1) is 0 Å². The van der Waals surface area contributed by atoms with E-state index in [9.17, 15) is 9.90 Å². The molecule has 4 rings (SSSR count). The maximum Gasteiger partial charge on any atom is 0.281 e. The lowest BCUT2D eigenvalue weighted by Crippen LogP contribution is -2.46. The first-order chi connectivity index (χ1) is 12.1. The quantitative estimate of drug-likeness (QED) is 0.741. The van der Waals surface area contributed by atoms with E-state index in [-0.39, 0.29) is 12.1 Å². The van der Waals surface area contributed by atoms with Gasteiger partial charge in [-0.1, -0.05) is 30.3 Å². The van der Waals surface area contributed by atoms with Gasteiger partial charge in [0.05, 0.1) is 24.2 Å². The molecule has 2 N–H and O–H groups in total. The zero-order chi connectivity index (χ0) is 17.4. The van der Waals surface area contributed by atoms with Crippen molar-refractivity contribution in [3.8, 4) is 11.3 Å². The van der Waals surface area contributed by atoms with Crippen LogP contribution in [0.3, 0.4) is 0 Å². The Morgan fingerprint density at radius 1 is 1.20 bits per heavy atom. The van der Waals surface area contributed by atoms with Crippen LogP contribution >= 0.6 is 0 Å². The van der Waals surface area contributed by atoms with Crippen LogP contribution in [0.15, 0.2) is 41.5 Å². The largest absolute Gasteiger partial charge is 0.388 e. The van der Waals surface area contributed by atoms with Gasteiger partial charge in [-0.2, -0.15) is 5.10 Å². The number of piperidine rings is 1. The molecule has 1 fully saturated rings. The first kappa shape index (κ1) is 16.0. The smallest absolute Gasteiger partial charge is 0.281 e. The van der Waals surface area contributed by atoms with Gasteiger partial charge < -0.3 is 10.4 Å². The highest BCUT2D eigenvalue weighted by Crippen LogP contribution is 2.25. The second kappa shape index (κ2) is 6.09. The summed E-state index contributed by atoms with van der Waals surface area (Å²) in [6.45, 7) is 1.75. The van der Waals surface area contributed by atoms with Gasteiger partial charge in [0.2, 0.25) is 0 Å². The summed E-state index contributed by atoms with van der Waals surface area (Å²) < 4.78 is 3.17. The van der Waals surface area contributed by atoms with Crippen molar-refractivity contribution < 1.29 is 5.11 Å². The molecule has 0 unspecified atom stereocenters. The molecule has 2 aromatic heterocycles. The number of aliphatic hydroxyl groups is 1. The first-order valence-electron chi connectivity index (χ1n) is 8.48. The molecule has 0 bridgehead atoms. The molecule has 1 aliphatic heterocycles. The molecule has 0 saturated carbocycles. The molecule has 25 heavy (non-hydrogen) atoms. The topological polar surface area (TPSA) is 85.0 Å². The van der Waals surface area contributed by atoms with Crippen LogP contribution in [-0.2, 0) is 13.6 Å². The van der Waals surface area contributed by atoms with Crippen molar-refractivity contribution in [3.63, 3.8) is 0 Å². The lowest BCUT2D eigenvalue weighted by Gasteiger charge is -2.32. The molecule has 1 aliphatic rings. The molecule has 7 heteroatoms. The Morgan fingerprint density at radius 2 is 1.92 bits per heavy atom. The Kier molecular flexibility index (Phi) is 3.89. The fraction of sp³-hybridized carbons (Fsp3) is 0.389. The molecule has 0 radical (unpaired) electrons. The number of fused-ring (bicyclic) bond motifs is 1. The van der Waals surface area contributed by atoms with Crippen molar-refractivity contribution >= 4 is 11.0 Å². The van der Waals surface area contributed by atoms with Gasteiger partial charge in [0.1, 0.15) is 5.52 Å². The van der Waals surface area contributed by atoms with E-state index in [0.29, 0.717) is 23.9 Å². The summed E-state index contributed by atoms with van der Waals surface area (Å²) in [5.41, 5.74) is 1.62. The molecular weight excluding hydrogens is 318 g/mol. The molecule has 3 heterocycles. The van der Waals surface area contributed by atoms with Crippen LogP contribution in [0.2, 0.25) is 0 Å². The lowest BCUT2D eigenvalue weighted by atomic mass is 9.92. The minimum atomic E-state index is -0.874. The van der Waals surface area contributed by atoms with E-state index in [0.717, 1.165) is 24.3 Å². The Bertz CT molecular complexity index is 955. The predicted octanol–water partition coefficient (Wildman–Crippen LogP) is 0.911. The van der Waals surface area contributed by atoms with E-state index in [4.69, 9.17) is 0 Å². The van der Waals surface area contributed by atoms with Crippen molar-refractivity contribution in [1.82, 2.24) is 24.6 Å². The number of rotatable bonds is 3. The van der Waals surface area contributed by atoms with Gasteiger partial charge in [-0.3, -0.25) is 14.0 Å². The maximum atomic E-state index is 12.9. The molecule has 0 atom stereocenters. The third-order valence-corrected chi connectivity index (χ3v) is 4.86. The van der Waals surface area contributed by atoms with E-state index in [1.165, 1.54) is 10.9 Å². The van der Waals surface area contributed by atoms with Gasteiger partial charge in [0.25, 0.3) is 5.56 Å². The summed E-state index contributed by atoms with van der Waals surface area (Å²) in [6, 6.07) is 9.79. The Morgan fingerprint density at radius 3 is 2.64 bits per heavy atom. The number of aryl methyl sites for hydroxylation is 1. The molecule has 0 amide bonds. The second-order valence-electron chi connectivity index (χ2n) is 6.69. The number of hydrogen-bond donors (Lipinski definition) is 2. The zero-order valence-corrected chi connectivity index (χ0v) is 14.1. The number of nitrogens with one attached hydrogen (secondary N) is 1. The van der Waals surface area contributed by atoms with E-state index in [1.807, 2.05) is 37.4 Å². The summed E-state index contributed by atoms with van der Waals surface area (Å²) in [4.78, 5) is 17.4. The summed E-state index contributed by atoms with van der Waals surface area (Å²) in [6.07, 6.45) is 2.77. The van der Waals surface area contributed by atoms with Gasteiger partial charge in [0.15, 0.2) is 5.52 Å². The Hall–Kier alpha value is -2.51. The van der Waals surface area contributed by atoms with E-state index >= 15 is 0 Å². The highest BCUT2D eigenvalue weighted by molar-refractivity contribution is 5.89. The van der Waals surface area contributed by atoms with Crippen LogP contribution in [0.4, 0.5) is 0 Å². The number of hydrogen-bond acceptors (Lipinski definition) is 5. The standard InChI is InChI=1S/C18H21N5O2/c1-22-16(13-5-3-2-4-6-13)14-15(21-22)17(24)23(12-20-14)11-18(25)7-9-19-10-8-18/h2-6,12,19,25H,7-11H2,1H3. The minimum Gasteiger partial charge on any atom is -0.388 e. The van der Waals surface area contributed by atoms with Crippen LogP contribution in [0.1, 0.15) is 12.8 Å². The van der Waals surface area contributed by atoms with Crippen molar-refractivity contribution in [2.75, 3.05) is 13.1 Å². The normalized spacial score (nSPS) is 17.0. The summed E-state index contributed by atoms with van der Waals surface area (Å²) in [5, 5.41) is 18.3. The summed E-state index contributed by atoms with van der Waals surface area (Å²) >= 11 is 0. The fourth-order valence-corrected chi connectivity index (χ4v) is 3.49. The van der Waals surface area contributed by atoms with Crippen molar-refractivity contribution in [3.05, 3.63) is 47.0 Å². The summed E-state index contributed by atoms with van der Waals surface area (Å²) in [5.74, 6) is 0. The van der Waals surface area contributed by atoms with E-state index in [2.05, 4.69) is 15.4 Å². The molecule has 0 aliphatic carbocycles. The van der Waals surface area contributed by atoms with Crippen LogP contribution in [0.5, 0.6) is 0 Å². The third-order valence-electron chi connectivity index (χ3n) is 4.86. The van der Waals surface area contributed by atoms with Crippen molar-refractivity contribution in [2.24, 2.45) is 7.05 Å². The molecule has 3 aromatic rings. The van der Waals surface area contributed by atoms with Gasteiger partial charge in [-0.25, -0.2) is 4.98 Å². The number of aromatic nitrogens is 4. The summed E-state index contributed by atoms with van der Waals surface area (Å²) in [7, 11) is 1.81. The number of nitrogens with zero attached hydrogens (tertiary/aromatic N) is 4. The Labute approximate surface area is 144 Å². The molecule has 1 saturated heterocycles. The zero-order valence-electron chi connectivity index (χ0n) is 14.1. The highest BCUT2D eigenvalue weighted by atomic mass is 16.3. The first-order valence-corrected chi connectivity index (χ1v) is 8.48.